The third-order valence-electron chi connectivity index (χ3n) is 5.91. The number of aromatic nitrogens is 2. The van der Waals surface area contributed by atoms with Gasteiger partial charge in [-0.1, -0.05) is 62.4 Å². The van der Waals surface area contributed by atoms with Crippen LogP contribution < -0.4 is 16.6 Å². The first-order chi connectivity index (χ1) is 16.3. The summed E-state index contributed by atoms with van der Waals surface area (Å²) in [6, 6.07) is 22.1. The molecule has 0 unspecified atom stereocenters. The molecule has 174 valence electrons. The molecule has 6 heteroatoms. The predicted molar refractivity (Wildman–Crippen MR) is 136 cm³/mol. The zero-order valence-corrected chi connectivity index (χ0v) is 19.7. The van der Waals surface area contributed by atoms with E-state index < -0.39 is 5.69 Å². The van der Waals surface area contributed by atoms with Crippen LogP contribution in [0.15, 0.2) is 82.4 Å². The van der Waals surface area contributed by atoms with Gasteiger partial charge in [0.25, 0.3) is 5.56 Å². The number of para-hydroxylation sites is 1. The van der Waals surface area contributed by atoms with Crippen LogP contribution in [0.1, 0.15) is 30.5 Å². The van der Waals surface area contributed by atoms with Gasteiger partial charge in [-0.3, -0.25) is 14.2 Å². The van der Waals surface area contributed by atoms with E-state index in [1.165, 1.54) is 4.57 Å². The molecule has 34 heavy (non-hydrogen) atoms. The number of nitrogens with zero attached hydrogens (tertiary/aromatic N) is 2. The lowest BCUT2D eigenvalue weighted by atomic mass is 10.1. The van der Waals surface area contributed by atoms with Crippen LogP contribution >= 0.6 is 0 Å². The van der Waals surface area contributed by atoms with Crippen LogP contribution in [0.25, 0.3) is 16.6 Å². The fraction of sp³-hybridized carbons (Fsp3) is 0.250. The van der Waals surface area contributed by atoms with Crippen molar-refractivity contribution < 1.29 is 4.79 Å². The SMILES string of the molecule is Cc1ccccc1Cn1c(=O)n(-c2ccc(CC(=O)NCC(C)C)cc2)c(=O)c2ccccc21. The van der Waals surface area contributed by atoms with E-state index in [1.807, 2.05) is 51.1 Å². The molecule has 4 rings (SSSR count). The van der Waals surface area contributed by atoms with Gasteiger partial charge in [0.2, 0.25) is 5.91 Å². The fourth-order valence-corrected chi connectivity index (χ4v) is 3.99. The molecule has 0 aliphatic heterocycles. The van der Waals surface area contributed by atoms with Gasteiger partial charge in [0, 0.05) is 6.54 Å². The van der Waals surface area contributed by atoms with Crippen LogP contribution in [-0.4, -0.2) is 21.6 Å². The molecule has 1 N–H and O–H groups in total. The lowest BCUT2D eigenvalue weighted by Gasteiger charge is -2.15. The number of rotatable bonds is 7. The van der Waals surface area contributed by atoms with Crippen molar-refractivity contribution in [2.45, 2.75) is 33.7 Å². The van der Waals surface area contributed by atoms with Crippen molar-refractivity contribution in [3.8, 4) is 5.69 Å². The highest BCUT2D eigenvalue weighted by Gasteiger charge is 2.15. The van der Waals surface area contributed by atoms with Crippen molar-refractivity contribution in [3.63, 3.8) is 0 Å². The molecule has 0 aliphatic rings. The average Bonchev–Trinajstić information content (AvgIpc) is 2.83. The largest absolute Gasteiger partial charge is 0.356 e. The highest BCUT2D eigenvalue weighted by atomic mass is 16.2. The summed E-state index contributed by atoms with van der Waals surface area (Å²) >= 11 is 0. The summed E-state index contributed by atoms with van der Waals surface area (Å²) in [5, 5.41) is 3.38. The minimum absolute atomic E-state index is 0.0510. The lowest BCUT2D eigenvalue weighted by molar-refractivity contribution is -0.120. The summed E-state index contributed by atoms with van der Waals surface area (Å²) in [6.07, 6.45) is 0.247. The topological polar surface area (TPSA) is 73.1 Å². The summed E-state index contributed by atoms with van der Waals surface area (Å²) < 4.78 is 2.86. The van der Waals surface area contributed by atoms with E-state index in [9.17, 15) is 14.4 Å². The first kappa shape index (κ1) is 23.2. The van der Waals surface area contributed by atoms with Crippen LogP contribution in [0.5, 0.6) is 0 Å². The Morgan fingerprint density at radius 2 is 1.59 bits per heavy atom. The van der Waals surface area contributed by atoms with Crippen LogP contribution in [0.3, 0.4) is 0 Å². The Morgan fingerprint density at radius 1 is 0.912 bits per heavy atom. The van der Waals surface area contributed by atoms with E-state index in [0.717, 1.165) is 16.7 Å². The standard InChI is InChI=1S/C28H29N3O3/c1-19(2)17-29-26(32)16-21-12-14-23(15-13-21)31-27(33)24-10-6-7-11-25(24)30(28(31)34)18-22-9-5-4-8-20(22)3/h4-15,19H,16-18H2,1-3H3,(H,29,32). The number of aryl methyl sites for hydroxylation is 1. The molecule has 0 spiro atoms. The molecule has 6 nitrogen and oxygen atoms in total. The van der Waals surface area contributed by atoms with Gasteiger partial charge in [0.1, 0.15) is 0 Å². The van der Waals surface area contributed by atoms with E-state index in [0.29, 0.717) is 35.6 Å². The smallest absolute Gasteiger partial charge is 0.336 e. The third kappa shape index (κ3) is 4.86. The van der Waals surface area contributed by atoms with Crippen molar-refractivity contribution >= 4 is 16.8 Å². The van der Waals surface area contributed by atoms with Crippen molar-refractivity contribution in [1.82, 2.24) is 14.5 Å². The van der Waals surface area contributed by atoms with E-state index in [4.69, 9.17) is 0 Å². The first-order valence-electron chi connectivity index (χ1n) is 11.5. The summed E-state index contributed by atoms with van der Waals surface area (Å²) in [4.78, 5) is 39.1. The van der Waals surface area contributed by atoms with Gasteiger partial charge in [0.15, 0.2) is 0 Å². The average molecular weight is 456 g/mol. The molecular formula is C28H29N3O3. The van der Waals surface area contributed by atoms with Crippen molar-refractivity contribution in [2.75, 3.05) is 6.54 Å². The van der Waals surface area contributed by atoms with Gasteiger partial charge in [-0.15, -0.1) is 0 Å². The highest BCUT2D eigenvalue weighted by Crippen LogP contribution is 2.15. The summed E-state index contributed by atoms with van der Waals surface area (Å²) in [7, 11) is 0. The third-order valence-corrected chi connectivity index (χ3v) is 5.91. The molecule has 0 fully saturated rings. The quantitative estimate of drug-likeness (QED) is 0.460. The van der Waals surface area contributed by atoms with E-state index >= 15 is 0 Å². The van der Waals surface area contributed by atoms with Crippen LogP contribution in [-0.2, 0) is 17.8 Å². The minimum atomic E-state index is -0.394. The molecule has 4 aromatic rings. The summed E-state index contributed by atoms with van der Waals surface area (Å²) in [6.45, 7) is 7.09. The first-order valence-corrected chi connectivity index (χ1v) is 11.5. The van der Waals surface area contributed by atoms with Crippen molar-refractivity contribution in [1.29, 1.82) is 0 Å². The van der Waals surface area contributed by atoms with Crippen LogP contribution in [0, 0.1) is 12.8 Å². The van der Waals surface area contributed by atoms with Crippen LogP contribution in [0.4, 0.5) is 0 Å². The van der Waals surface area contributed by atoms with Gasteiger partial charge in [0.05, 0.1) is 29.6 Å². The maximum atomic E-state index is 13.6. The molecule has 1 amide bonds. The lowest BCUT2D eigenvalue weighted by Crippen LogP contribution is -2.39. The molecule has 1 heterocycles. The Labute approximate surface area is 198 Å². The molecule has 0 aliphatic carbocycles. The van der Waals surface area contributed by atoms with Gasteiger partial charge < -0.3 is 5.32 Å². The molecule has 1 aromatic heterocycles. The number of fused-ring (bicyclic) bond motifs is 1. The zero-order chi connectivity index (χ0) is 24.2. The van der Waals surface area contributed by atoms with Gasteiger partial charge in [-0.25, -0.2) is 9.36 Å². The number of hydrogen-bond donors (Lipinski definition) is 1. The molecule has 0 atom stereocenters. The maximum absolute atomic E-state index is 13.6. The van der Waals surface area contributed by atoms with Gasteiger partial charge >= 0.3 is 5.69 Å². The maximum Gasteiger partial charge on any atom is 0.336 e. The Balaban J connectivity index is 1.75. The summed E-state index contributed by atoms with van der Waals surface area (Å²) in [5.74, 6) is 0.331. The Morgan fingerprint density at radius 3 is 2.29 bits per heavy atom. The minimum Gasteiger partial charge on any atom is -0.356 e. The monoisotopic (exact) mass is 455 g/mol. The zero-order valence-electron chi connectivity index (χ0n) is 19.7. The predicted octanol–water partition coefficient (Wildman–Crippen LogP) is 3.82. The van der Waals surface area contributed by atoms with E-state index in [2.05, 4.69) is 5.32 Å². The second-order valence-electron chi connectivity index (χ2n) is 8.99. The Hall–Kier alpha value is -3.93. The number of carbonyl (C=O) groups is 1. The fourth-order valence-electron chi connectivity index (χ4n) is 3.99. The molecular weight excluding hydrogens is 426 g/mol. The number of amides is 1. The van der Waals surface area contributed by atoms with E-state index in [1.54, 1.807) is 47.0 Å². The van der Waals surface area contributed by atoms with Gasteiger partial charge in [-0.05, 0) is 53.8 Å². The second kappa shape index (κ2) is 9.91. The Bertz CT molecular complexity index is 1450. The molecule has 0 radical (unpaired) electrons. The van der Waals surface area contributed by atoms with Crippen molar-refractivity contribution in [2.24, 2.45) is 5.92 Å². The number of benzene rings is 3. The Kier molecular flexibility index (Phi) is 6.77. The molecule has 0 bridgehead atoms. The second-order valence-corrected chi connectivity index (χ2v) is 8.99. The highest BCUT2D eigenvalue weighted by molar-refractivity contribution is 5.79. The van der Waals surface area contributed by atoms with Crippen molar-refractivity contribution in [3.05, 3.63) is 110 Å². The van der Waals surface area contributed by atoms with E-state index in [-0.39, 0.29) is 17.9 Å². The molecule has 3 aromatic carbocycles. The van der Waals surface area contributed by atoms with Gasteiger partial charge in [-0.2, -0.15) is 0 Å². The molecule has 0 saturated heterocycles. The number of hydrogen-bond acceptors (Lipinski definition) is 3. The van der Waals surface area contributed by atoms with Crippen LogP contribution in [0.2, 0.25) is 0 Å². The molecule has 0 saturated carbocycles. The number of carbonyl (C=O) groups excluding carboxylic acids is 1. The normalized spacial score (nSPS) is 11.2. The number of nitrogens with one attached hydrogen (secondary N) is 1. The summed E-state index contributed by atoms with van der Waals surface area (Å²) in [5.41, 5.74) is 3.25.